The number of hydrogen-bond acceptors (Lipinski definition) is 5. The summed E-state index contributed by atoms with van der Waals surface area (Å²) in [6.07, 6.45) is -1.19. The van der Waals surface area contributed by atoms with Gasteiger partial charge in [-0.05, 0) is 5.56 Å². The maximum Gasteiger partial charge on any atom is 0.333 e. The van der Waals surface area contributed by atoms with Crippen LogP contribution in [0.25, 0.3) is 0 Å². The Labute approximate surface area is 92.8 Å². The molecule has 3 N–H and O–H groups in total. The molecule has 0 fully saturated rings. The highest BCUT2D eigenvalue weighted by molar-refractivity contribution is 5.87. The van der Waals surface area contributed by atoms with Gasteiger partial charge in [-0.15, -0.1) is 0 Å². The van der Waals surface area contributed by atoms with E-state index < -0.39 is 24.1 Å². The topological polar surface area (TPSA) is 89.6 Å². The van der Waals surface area contributed by atoms with Crippen LogP contribution in [0.3, 0.4) is 0 Å². The molecule has 0 aliphatic carbocycles. The molecule has 0 aliphatic heterocycles. The lowest BCUT2D eigenvalue weighted by Gasteiger charge is -2.16. The van der Waals surface area contributed by atoms with E-state index in [-0.39, 0.29) is 0 Å². The molecule has 0 amide bonds. The molecular weight excluding hydrogens is 210 g/mol. The molecule has 0 aliphatic rings. The molecule has 0 spiro atoms. The minimum absolute atomic E-state index is 0.496. The molecule has 0 radical (unpaired) electrons. The first-order chi connectivity index (χ1) is 7.52. The smallest absolute Gasteiger partial charge is 0.333 e. The SMILES string of the molecule is CC(=O)OC(=O)[C@@H](N)C(O)c1ccccc1. The van der Waals surface area contributed by atoms with Gasteiger partial charge in [0.2, 0.25) is 0 Å². The van der Waals surface area contributed by atoms with Gasteiger partial charge >= 0.3 is 11.9 Å². The summed E-state index contributed by atoms with van der Waals surface area (Å²) in [6, 6.07) is 7.18. The van der Waals surface area contributed by atoms with E-state index in [1.54, 1.807) is 30.3 Å². The summed E-state index contributed by atoms with van der Waals surface area (Å²) in [6.45, 7) is 1.10. The Morgan fingerprint density at radius 2 is 1.88 bits per heavy atom. The number of benzene rings is 1. The number of aliphatic hydroxyl groups is 1. The van der Waals surface area contributed by atoms with Crippen molar-refractivity contribution in [1.82, 2.24) is 0 Å². The van der Waals surface area contributed by atoms with Gasteiger partial charge < -0.3 is 15.6 Å². The second-order valence-corrected chi connectivity index (χ2v) is 3.29. The zero-order chi connectivity index (χ0) is 12.1. The number of hydrogen-bond donors (Lipinski definition) is 2. The summed E-state index contributed by atoms with van der Waals surface area (Å²) in [4.78, 5) is 21.8. The van der Waals surface area contributed by atoms with Crippen molar-refractivity contribution in [1.29, 1.82) is 0 Å². The largest absolute Gasteiger partial charge is 0.392 e. The molecule has 1 aromatic carbocycles. The van der Waals surface area contributed by atoms with E-state index in [2.05, 4.69) is 4.74 Å². The van der Waals surface area contributed by atoms with Crippen LogP contribution in [0.5, 0.6) is 0 Å². The van der Waals surface area contributed by atoms with Gasteiger partial charge in [0.25, 0.3) is 0 Å². The first-order valence-electron chi connectivity index (χ1n) is 4.73. The summed E-state index contributed by atoms with van der Waals surface area (Å²) in [5, 5.41) is 9.74. The molecule has 86 valence electrons. The van der Waals surface area contributed by atoms with Crippen molar-refractivity contribution in [3.8, 4) is 0 Å². The summed E-state index contributed by atoms with van der Waals surface area (Å²) >= 11 is 0. The van der Waals surface area contributed by atoms with E-state index in [0.29, 0.717) is 5.56 Å². The highest BCUT2D eigenvalue weighted by atomic mass is 16.6. The van der Waals surface area contributed by atoms with Crippen molar-refractivity contribution in [3.63, 3.8) is 0 Å². The molecule has 1 unspecified atom stereocenters. The third-order valence-electron chi connectivity index (χ3n) is 2.00. The van der Waals surface area contributed by atoms with Gasteiger partial charge in [0.15, 0.2) is 0 Å². The van der Waals surface area contributed by atoms with Crippen LogP contribution in [0, 0.1) is 0 Å². The van der Waals surface area contributed by atoms with Crippen LogP contribution in [-0.2, 0) is 14.3 Å². The Bertz CT molecular complexity index is 377. The summed E-state index contributed by atoms with van der Waals surface area (Å²) in [5.41, 5.74) is 5.96. The van der Waals surface area contributed by atoms with Crippen molar-refractivity contribution in [2.75, 3.05) is 0 Å². The van der Waals surface area contributed by atoms with Gasteiger partial charge in [0.05, 0.1) is 0 Å². The predicted octanol–water partition coefficient (Wildman–Crippen LogP) is 0.137. The fourth-order valence-corrected chi connectivity index (χ4v) is 1.20. The third-order valence-corrected chi connectivity index (χ3v) is 2.00. The maximum absolute atomic E-state index is 11.2. The monoisotopic (exact) mass is 223 g/mol. The zero-order valence-corrected chi connectivity index (χ0v) is 8.79. The molecule has 0 bridgehead atoms. The van der Waals surface area contributed by atoms with Crippen molar-refractivity contribution in [3.05, 3.63) is 35.9 Å². The molecule has 1 aromatic rings. The average Bonchev–Trinajstić information content (AvgIpc) is 2.27. The van der Waals surface area contributed by atoms with E-state index in [1.165, 1.54) is 0 Å². The van der Waals surface area contributed by atoms with E-state index in [1.807, 2.05) is 0 Å². The van der Waals surface area contributed by atoms with E-state index >= 15 is 0 Å². The van der Waals surface area contributed by atoms with E-state index in [9.17, 15) is 14.7 Å². The Balaban J connectivity index is 2.71. The van der Waals surface area contributed by atoms with Gasteiger partial charge in [0, 0.05) is 6.92 Å². The van der Waals surface area contributed by atoms with Crippen LogP contribution in [0.4, 0.5) is 0 Å². The van der Waals surface area contributed by atoms with Crippen LogP contribution in [0.15, 0.2) is 30.3 Å². The molecule has 0 saturated carbocycles. The third kappa shape index (κ3) is 3.15. The van der Waals surface area contributed by atoms with Crippen LogP contribution in [-0.4, -0.2) is 23.1 Å². The van der Waals surface area contributed by atoms with Gasteiger partial charge in [-0.2, -0.15) is 0 Å². The highest BCUT2D eigenvalue weighted by Crippen LogP contribution is 2.15. The lowest BCUT2D eigenvalue weighted by Crippen LogP contribution is -2.38. The Morgan fingerprint density at radius 1 is 1.31 bits per heavy atom. The minimum Gasteiger partial charge on any atom is -0.392 e. The average molecular weight is 223 g/mol. The number of nitrogens with two attached hydrogens (primary N) is 1. The summed E-state index contributed by atoms with van der Waals surface area (Å²) in [5.74, 6) is -1.69. The van der Waals surface area contributed by atoms with Crippen LogP contribution >= 0.6 is 0 Å². The Morgan fingerprint density at radius 3 is 2.38 bits per heavy atom. The summed E-state index contributed by atoms with van der Waals surface area (Å²) in [7, 11) is 0. The molecule has 16 heavy (non-hydrogen) atoms. The number of carbonyl (C=O) groups is 2. The van der Waals surface area contributed by atoms with Crippen molar-refractivity contribution in [2.24, 2.45) is 5.73 Å². The van der Waals surface area contributed by atoms with E-state index in [0.717, 1.165) is 6.92 Å². The molecule has 5 nitrogen and oxygen atoms in total. The number of carbonyl (C=O) groups excluding carboxylic acids is 2. The van der Waals surface area contributed by atoms with Gasteiger partial charge in [-0.25, -0.2) is 4.79 Å². The lowest BCUT2D eigenvalue weighted by molar-refractivity contribution is -0.160. The second-order valence-electron chi connectivity index (χ2n) is 3.29. The molecule has 0 saturated heterocycles. The van der Waals surface area contributed by atoms with Crippen LogP contribution < -0.4 is 5.73 Å². The molecule has 1 rings (SSSR count). The quantitative estimate of drug-likeness (QED) is 0.562. The normalized spacial score (nSPS) is 13.9. The van der Waals surface area contributed by atoms with Gasteiger partial charge in [-0.1, -0.05) is 30.3 Å². The molecule has 5 heteroatoms. The lowest BCUT2D eigenvalue weighted by atomic mass is 10.0. The van der Waals surface area contributed by atoms with Crippen molar-refractivity contribution in [2.45, 2.75) is 19.1 Å². The zero-order valence-electron chi connectivity index (χ0n) is 8.79. The summed E-state index contributed by atoms with van der Waals surface area (Å²) < 4.78 is 4.29. The second kappa shape index (κ2) is 5.39. The van der Waals surface area contributed by atoms with Crippen LogP contribution in [0.1, 0.15) is 18.6 Å². The minimum atomic E-state index is -1.27. The standard InChI is InChI=1S/C11H13NO4/c1-7(13)16-11(15)9(12)10(14)8-5-3-2-4-6-8/h2-6,9-10,14H,12H2,1H3/t9-,10?/m0/s1. The first kappa shape index (κ1) is 12.4. The van der Waals surface area contributed by atoms with Crippen LogP contribution in [0.2, 0.25) is 0 Å². The fraction of sp³-hybridized carbons (Fsp3) is 0.273. The fourth-order valence-electron chi connectivity index (χ4n) is 1.20. The number of aliphatic hydroxyl groups excluding tert-OH is 1. The van der Waals surface area contributed by atoms with Gasteiger partial charge in [-0.3, -0.25) is 4.79 Å². The van der Waals surface area contributed by atoms with E-state index in [4.69, 9.17) is 5.73 Å². The molecule has 2 atom stereocenters. The molecular formula is C11H13NO4. The number of rotatable bonds is 3. The van der Waals surface area contributed by atoms with Crippen molar-refractivity contribution < 1.29 is 19.4 Å². The predicted molar refractivity (Wildman–Crippen MR) is 56.2 cm³/mol. The number of ether oxygens (including phenoxy) is 1. The highest BCUT2D eigenvalue weighted by Gasteiger charge is 2.26. The van der Waals surface area contributed by atoms with Gasteiger partial charge in [0.1, 0.15) is 12.1 Å². The Kier molecular flexibility index (Phi) is 4.16. The maximum atomic E-state index is 11.2. The Hall–Kier alpha value is -1.72. The molecule has 0 heterocycles. The molecule has 0 aromatic heterocycles. The first-order valence-corrected chi connectivity index (χ1v) is 4.73. The van der Waals surface area contributed by atoms with Crippen molar-refractivity contribution >= 4 is 11.9 Å². The number of esters is 2.